The van der Waals surface area contributed by atoms with Crippen molar-refractivity contribution >= 4 is 27.4 Å². The zero-order valence-corrected chi connectivity index (χ0v) is 13.0. The lowest BCUT2D eigenvalue weighted by Crippen LogP contribution is -2.36. The molecule has 4 aromatic rings. The van der Waals surface area contributed by atoms with Crippen molar-refractivity contribution in [2.45, 2.75) is 6.92 Å². The van der Waals surface area contributed by atoms with Crippen LogP contribution in [0.5, 0.6) is 5.88 Å². The predicted octanol–water partition coefficient (Wildman–Crippen LogP) is -0.453. The normalized spacial score (nSPS) is 12.5. The number of nitrogens with zero attached hydrogens (tertiary/aromatic N) is 4. The van der Waals surface area contributed by atoms with Gasteiger partial charge in [-0.05, 0) is 30.6 Å². The van der Waals surface area contributed by atoms with Crippen LogP contribution in [0.4, 0.5) is 5.00 Å². The maximum atomic E-state index is 12.2. The number of aromatic hydroxyl groups is 1. The zero-order chi connectivity index (χ0) is 17.0. The Morgan fingerprint density at radius 3 is 2.67 bits per heavy atom. The number of benzene rings is 1. The van der Waals surface area contributed by atoms with Crippen molar-refractivity contribution in [3.05, 3.63) is 66.2 Å². The van der Waals surface area contributed by atoms with E-state index in [1.165, 1.54) is 0 Å². The highest BCUT2D eigenvalue weighted by Crippen LogP contribution is 2.28. The Bertz CT molecular complexity index is 1320. The lowest BCUT2D eigenvalue weighted by atomic mass is 10.2. The Hall–Kier alpha value is -3.27. The number of fused-ring (bicyclic) bond motifs is 2. The second-order valence-corrected chi connectivity index (χ2v) is 5.95. The number of aromatic nitrogens is 3. The van der Waals surface area contributed by atoms with Crippen LogP contribution in [0.25, 0.3) is 10.9 Å². The summed E-state index contributed by atoms with van der Waals surface area (Å²) in [6, 6.07) is 6.47. The van der Waals surface area contributed by atoms with Crippen LogP contribution < -0.4 is 27.5 Å². The molecule has 0 saturated heterocycles. The van der Waals surface area contributed by atoms with Gasteiger partial charge in [-0.3, -0.25) is 19.8 Å². The van der Waals surface area contributed by atoms with E-state index >= 15 is 0 Å². The molecule has 0 aliphatic carbocycles. The van der Waals surface area contributed by atoms with Crippen molar-refractivity contribution < 1.29 is 5.11 Å². The van der Waals surface area contributed by atoms with E-state index in [2.05, 4.69) is 14.9 Å². The molecule has 0 fully saturated rings. The van der Waals surface area contributed by atoms with Crippen LogP contribution in [0.15, 0.2) is 43.8 Å². The van der Waals surface area contributed by atoms with E-state index in [0.717, 1.165) is 34.1 Å². The van der Waals surface area contributed by atoms with Crippen LogP contribution in [-0.4, -0.2) is 18.5 Å². The summed E-state index contributed by atoms with van der Waals surface area (Å²) in [6.45, 7) is 1.93. The van der Waals surface area contributed by atoms with Crippen molar-refractivity contribution in [2.75, 3.05) is 5.43 Å². The Labute approximate surface area is 136 Å². The predicted molar refractivity (Wildman–Crippen MR) is 87.2 cm³/mol. The summed E-state index contributed by atoms with van der Waals surface area (Å²) < 4.78 is 5.36. The van der Waals surface area contributed by atoms with Gasteiger partial charge in [0.15, 0.2) is 0 Å². The largest absolute Gasteiger partial charge is 0.493 e. The standard InChI is InChI=1S/C14H9N5O4S/c1-6-2-3-8-7(4-6)12(24-17-8)16-15-11-13(22)18-9(20)5-10(21)19(18)14(11)23/h2-5,16,20H,1H3. The van der Waals surface area contributed by atoms with E-state index in [1.807, 2.05) is 25.1 Å². The van der Waals surface area contributed by atoms with E-state index in [1.54, 1.807) is 0 Å². The summed E-state index contributed by atoms with van der Waals surface area (Å²) in [5.74, 6) is -0.609. The molecule has 10 heteroatoms. The molecule has 9 nitrogen and oxygen atoms in total. The number of nitrogens with one attached hydrogen (secondary N) is 1. The Balaban J connectivity index is 1.90. The first-order valence-corrected chi connectivity index (χ1v) is 7.58. The Morgan fingerprint density at radius 2 is 1.92 bits per heavy atom. The third-order valence-electron chi connectivity index (χ3n) is 3.57. The van der Waals surface area contributed by atoms with Gasteiger partial charge in [-0.25, -0.2) is 0 Å². The summed E-state index contributed by atoms with van der Waals surface area (Å²) >= 11 is 1.13. The van der Waals surface area contributed by atoms with E-state index in [-0.39, 0.29) is 0 Å². The molecule has 1 aromatic carbocycles. The molecule has 3 aromatic heterocycles. The van der Waals surface area contributed by atoms with E-state index in [4.69, 9.17) is 0 Å². The van der Waals surface area contributed by atoms with E-state index in [0.29, 0.717) is 14.0 Å². The number of rotatable bonds is 2. The highest BCUT2D eigenvalue weighted by Gasteiger charge is 2.16. The third kappa shape index (κ3) is 1.90. The van der Waals surface area contributed by atoms with Crippen molar-refractivity contribution in [1.82, 2.24) is 13.4 Å². The fourth-order valence-corrected chi connectivity index (χ4v) is 3.15. The summed E-state index contributed by atoms with van der Waals surface area (Å²) in [5, 5.41) is 14.3. The Morgan fingerprint density at radius 1 is 1.17 bits per heavy atom. The quantitative estimate of drug-likeness (QED) is 0.476. The summed E-state index contributed by atoms with van der Waals surface area (Å²) in [4.78, 5) is 35.9. The zero-order valence-electron chi connectivity index (χ0n) is 12.2. The van der Waals surface area contributed by atoms with Gasteiger partial charge in [0.2, 0.25) is 11.2 Å². The second-order valence-electron chi connectivity index (χ2n) is 5.18. The van der Waals surface area contributed by atoms with Gasteiger partial charge in [0.25, 0.3) is 5.56 Å². The monoisotopic (exact) mass is 343 g/mol. The van der Waals surface area contributed by atoms with Gasteiger partial charge in [-0.1, -0.05) is 11.6 Å². The average molecular weight is 343 g/mol. The minimum atomic E-state index is -0.900. The highest BCUT2D eigenvalue weighted by atomic mass is 32.1. The molecular weight excluding hydrogens is 334 g/mol. The molecule has 4 rings (SSSR count). The maximum Gasteiger partial charge on any atom is 0.306 e. The van der Waals surface area contributed by atoms with Crippen LogP contribution in [0, 0.1) is 6.92 Å². The first-order chi connectivity index (χ1) is 11.5. The van der Waals surface area contributed by atoms with Gasteiger partial charge >= 0.3 is 11.1 Å². The van der Waals surface area contributed by atoms with Gasteiger partial charge in [0, 0.05) is 5.39 Å². The van der Waals surface area contributed by atoms with Gasteiger partial charge < -0.3 is 5.11 Å². The van der Waals surface area contributed by atoms with Crippen molar-refractivity contribution in [2.24, 2.45) is 5.10 Å². The number of aryl methyl sites for hydroxylation is 1. The fraction of sp³-hybridized carbons (Fsp3) is 0.0714. The fourth-order valence-electron chi connectivity index (χ4n) is 2.45. The first-order valence-electron chi connectivity index (χ1n) is 6.80. The first kappa shape index (κ1) is 14.3. The number of anilines is 1. The van der Waals surface area contributed by atoms with Crippen LogP contribution in [-0.2, 0) is 0 Å². The minimum absolute atomic E-state index is 0.489. The van der Waals surface area contributed by atoms with Gasteiger partial charge in [-0.15, -0.1) is 0 Å². The molecule has 0 aliphatic heterocycles. The lowest BCUT2D eigenvalue weighted by molar-refractivity contribution is 0.433. The summed E-state index contributed by atoms with van der Waals surface area (Å²) in [5.41, 5.74) is 1.87. The molecule has 0 atom stereocenters. The van der Waals surface area contributed by atoms with Crippen LogP contribution in [0.3, 0.4) is 0 Å². The average Bonchev–Trinajstić information content (AvgIpc) is 3.14. The van der Waals surface area contributed by atoms with Crippen LogP contribution in [0.2, 0.25) is 0 Å². The molecule has 120 valence electrons. The number of hydrogen-bond acceptors (Lipinski definition) is 8. The van der Waals surface area contributed by atoms with Crippen molar-refractivity contribution in [3.8, 4) is 5.88 Å². The minimum Gasteiger partial charge on any atom is -0.493 e. The molecule has 0 radical (unpaired) electrons. The lowest BCUT2D eigenvalue weighted by Gasteiger charge is -1.96. The molecule has 0 spiro atoms. The highest BCUT2D eigenvalue weighted by molar-refractivity contribution is 7.11. The molecule has 0 unspecified atom stereocenters. The van der Waals surface area contributed by atoms with Gasteiger partial charge in [0.1, 0.15) is 5.00 Å². The molecule has 24 heavy (non-hydrogen) atoms. The van der Waals surface area contributed by atoms with Crippen molar-refractivity contribution in [3.63, 3.8) is 0 Å². The topological polar surface area (TPSA) is 118 Å². The summed E-state index contributed by atoms with van der Waals surface area (Å²) in [6.07, 6.45) is 0. The van der Waals surface area contributed by atoms with E-state index in [9.17, 15) is 19.5 Å². The third-order valence-corrected chi connectivity index (χ3v) is 4.35. The SMILES string of the molecule is Cc1ccc2nsc(NN=c3c(=O)n4c(O)cc(=O)n4c3=O)c2c1. The number of hydrogen-bond donors (Lipinski definition) is 2. The molecule has 0 saturated carbocycles. The maximum absolute atomic E-state index is 12.2. The molecule has 0 amide bonds. The molecule has 3 heterocycles. The molecular formula is C14H9N5O4S. The van der Waals surface area contributed by atoms with Crippen LogP contribution in [0.1, 0.15) is 5.56 Å². The van der Waals surface area contributed by atoms with Gasteiger partial charge in [0.05, 0.1) is 11.6 Å². The molecule has 0 aliphatic rings. The molecule has 2 N–H and O–H groups in total. The second kappa shape index (κ2) is 4.86. The van der Waals surface area contributed by atoms with Crippen LogP contribution >= 0.6 is 11.5 Å². The molecule has 0 bridgehead atoms. The van der Waals surface area contributed by atoms with Gasteiger partial charge in [-0.2, -0.15) is 18.5 Å². The van der Waals surface area contributed by atoms with E-state index < -0.39 is 27.9 Å². The smallest absolute Gasteiger partial charge is 0.306 e. The Kier molecular flexibility index (Phi) is 2.90. The summed E-state index contributed by atoms with van der Waals surface area (Å²) in [7, 11) is 0. The van der Waals surface area contributed by atoms with Crippen molar-refractivity contribution in [1.29, 1.82) is 0 Å².